The molecule has 0 aromatic rings. The van der Waals surface area contributed by atoms with E-state index in [1.807, 2.05) is 6.92 Å². The van der Waals surface area contributed by atoms with Crippen LogP contribution in [0.4, 0.5) is 0 Å². The van der Waals surface area contributed by atoms with Gasteiger partial charge in [-0.15, -0.1) is 0 Å². The van der Waals surface area contributed by atoms with Gasteiger partial charge in [0.15, 0.2) is 0 Å². The molecule has 0 radical (unpaired) electrons. The third-order valence-corrected chi connectivity index (χ3v) is 6.50. The number of carbonyl (C=O) groups is 2. The standard InChI is InChI=1S/C22H35BN4O3/c1-15(2)11-18(21(30)24-9-5-19(28)29)27-20(23)16(3)12-17(25-27)6-10-26-13-22(14-26)7-4-8-22/h12,15,18,23H,4-11,13-14H2,1-3H3,(H,24,30)(H,28,29). The van der Waals surface area contributed by atoms with Crippen molar-refractivity contribution in [2.45, 2.75) is 65.3 Å². The maximum atomic E-state index is 12.9. The number of hydrogen-bond donors (Lipinski definition) is 2. The number of aliphatic carboxylic acids is 1. The number of likely N-dealkylation sites (tertiary alicyclic amines) is 1. The van der Waals surface area contributed by atoms with Gasteiger partial charge in [0.1, 0.15) is 0 Å². The predicted molar refractivity (Wildman–Crippen MR) is 121 cm³/mol. The Labute approximate surface area is 180 Å². The van der Waals surface area contributed by atoms with Crippen molar-refractivity contribution < 1.29 is 14.7 Å². The zero-order valence-corrected chi connectivity index (χ0v) is 18.6. The number of amides is 1. The van der Waals surface area contributed by atoms with Gasteiger partial charge in [0.05, 0.1) is 0 Å². The number of hydrogen-bond acceptors (Lipinski definition) is 5. The van der Waals surface area contributed by atoms with Crippen molar-refractivity contribution in [1.82, 2.24) is 15.2 Å². The third kappa shape index (κ3) is 5.39. The van der Waals surface area contributed by atoms with Gasteiger partial charge in [-0.3, -0.25) is 0 Å². The summed E-state index contributed by atoms with van der Waals surface area (Å²) in [6.07, 6.45) is 7.60. The summed E-state index contributed by atoms with van der Waals surface area (Å²) in [7, 11) is 4.16. The van der Waals surface area contributed by atoms with E-state index in [0.717, 1.165) is 29.8 Å². The second kappa shape index (κ2) is 9.46. The summed E-state index contributed by atoms with van der Waals surface area (Å²) in [5.74, 6) is -0.831. The molecule has 1 amide bonds. The van der Waals surface area contributed by atoms with Crippen LogP contribution in [-0.2, 0) is 9.59 Å². The normalized spacial score (nSPS) is 21.6. The fourth-order valence-corrected chi connectivity index (χ4v) is 4.62. The summed E-state index contributed by atoms with van der Waals surface area (Å²) >= 11 is 0. The molecular formula is C22H35BN4O3. The Hall–Kier alpha value is -1.96. The van der Waals surface area contributed by atoms with E-state index in [1.165, 1.54) is 32.4 Å². The molecule has 164 valence electrons. The molecule has 0 aromatic carbocycles. The molecule has 8 heteroatoms. The van der Waals surface area contributed by atoms with Crippen LogP contribution in [0.25, 0.3) is 0 Å². The van der Waals surface area contributed by atoms with Crippen LogP contribution in [0.15, 0.2) is 16.8 Å². The Bertz CT molecular complexity index is 749. The van der Waals surface area contributed by atoms with Gasteiger partial charge >= 0.3 is 180 Å². The van der Waals surface area contributed by atoms with E-state index in [1.54, 1.807) is 5.01 Å². The van der Waals surface area contributed by atoms with Gasteiger partial charge in [-0.25, -0.2) is 0 Å². The van der Waals surface area contributed by atoms with Gasteiger partial charge in [-0.2, -0.15) is 0 Å². The number of carboxylic acids is 1. The number of allylic oxidation sites excluding steroid dienone is 1. The van der Waals surface area contributed by atoms with Crippen molar-refractivity contribution in [3.63, 3.8) is 0 Å². The first kappa shape index (κ1) is 22.7. The van der Waals surface area contributed by atoms with E-state index >= 15 is 0 Å². The molecule has 1 atom stereocenters. The number of carboxylic acid groups (broad SMARTS) is 1. The molecule has 0 bridgehead atoms. The van der Waals surface area contributed by atoms with Crippen LogP contribution >= 0.6 is 0 Å². The van der Waals surface area contributed by atoms with E-state index in [4.69, 9.17) is 10.2 Å². The van der Waals surface area contributed by atoms with Crippen LogP contribution in [-0.4, -0.2) is 77.9 Å². The van der Waals surface area contributed by atoms with Crippen LogP contribution in [0.3, 0.4) is 0 Å². The average Bonchev–Trinajstić information content (AvgIpc) is 2.59. The van der Waals surface area contributed by atoms with E-state index in [2.05, 4.69) is 37.6 Å². The van der Waals surface area contributed by atoms with Gasteiger partial charge < -0.3 is 0 Å². The molecule has 1 saturated carbocycles. The summed E-state index contributed by atoms with van der Waals surface area (Å²) in [5, 5.41) is 18.2. The van der Waals surface area contributed by atoms with Gasteiger partial charge in [-0.05, 0) is 0 Å². The topological polar surface area (TPSA) is 85.2 Å². The minimum atomic E-state index is -0.924. The monoisotopic (exact) mass is 414 g/mol. The summed E-state index contributed by atoms with van der Waals surface area (Å²) in [6, 6.07) is -0.493. The Morgan fingerprint density at radius 1 is 1.33 bits per heavy atom. The van der Waals surface area contributed by atoms with Crippen molar-refractivity contribution in [1.29, 1.82) is 0 Å². The first-order valence-corrected chi connectivity index (χ1v) is 11.2. The number of nitrogens with one attached hydrogen (secondary N) is 1. The summed E-state index contributed by atoms with van der Waals surface area (Å²) in [4.78, 5) is 26.1. The molecule has 1 unspecified atom stereocenters. The molecule has 2 aliphatic heterocycles. The summed E-state index contributed by atoms with van der Waals surface area (Å²) in [5.41, 5.74) is 3.35. The molecular weight excluding hydrogens is 379 g/mol. The molecule has 1 spiro atoms. The molecule has 3 rings (SSSR count). The van der Waals surface area contributed by atoms with Gasteiger partial charge in [0, 0.05) is 0 Å². The third-order valence-electron chi connectivity index (χ3n) is 6.50. The number of hydrazone groups is 1. The van der Waals surface area contributed by atoms with Crippen LogP contribution in [0.1, 0.15) is 59.3 Å². The van der Waals surface area contributed by atoms with Crippen LogP contribution in [0.5, 0.6) is 0 Å². The van der Waals surface area contributed by atoms with Crippen molar-refractivity contribution in [3.05, 3.63) is 11.6 Å². The zero-order chi connectivity index (χ0) is 21.9. The zero-order valence-electron chi connectivity index (χ0n) is 18.6. The Morgan fingerprint density at radius 3 is 2.60 bits per heavy atom. The van der Waals surface area contributed by atoms with E-state index in [9.17, 15) is 9.59 Å². The van der Waals surface area contributed by atoms with Crippen molar-refractivity contribution in [3.8, 4) is 0 Å². The van der Waals surface area contributed by atoms with Crippen molar-refractivity contribution in [2.75, 3.05) is 26.2 Å². The van der Waals surface area contributed by atoms with E-state index < -0.39 is 12.0 Å². The van der Waals surface area contributed by atoms with Crippen LogP contribution in [0, 0.1) is 11.3 Å². The fraction of sp³-hybridized carbons (Fsp3) is 0.727. The predicted octanol–water partition coefficient (Wildman–Crippen LogP) is 1.52. The average molecular weight is 414 g/mol. The van der Waals surface area contributed by atoms with Crippen LogP contribution < -0.4 is 5.32 Å². The van der Waals surface area contributed by atoms with E-state index in [-0.39, 0.29) is 24.8 Å². The molecule has 3 aliphatic rings. The Balaban J connectivity index is 1.64. The first-order valence-electron chi connectivity index (χ1n) is 11.2. The maximum absolute atomic E-state index is 12.9. The summed E-state index contributed by atoms with van der Waals surface area (Å²) < 4.78 is 0. The quantitative estimate of drug-likeness (QED) is 0.530. The SMILES string of the molecule is B=C1C(C)=CC(CCN2CC3(CCC3)C2)=NN1C(CC(C)C)C(=O)NCCC(=O)O. The van der Waals surface area contributed by atoms with Crippen LogP contribution in [0.2, 0.25) is 0 Å². The molecule has 2 N–H and O–H groups in total. The summed E-state index contributed by atoms with van der Waals surface area (Å²) in [6.45, 7) is 9.67. The fourth-order valence-electron chi connectivity index (χ4n) is 4.62. The van der Waals surface area contributed by atoms with Gasteiger partial charge in [-0.1, -0.05) is 0 Å². The molecule has 1 aliphatic carbocycles. The van der Waals surface area contributed by atoms with Crippen molar-refractivity contribution in [2.24, 2.45) is 16.4 Å². The van der Waals surface area contributed by atoms with Crippen molar-refractivity contribution >= 4 is 30.7 Å². The minimum absolute atomic E-state index is 0.0914. The molecule has 30 heavy (non-hydrogen) atoms. The second-order valence-electron chi connectivity index (χ2n) is 9.60. The Morgan fingerprint density at radius 2 is 2.03 bits per heavy atom. The molecule has 2 fully saturated rings. The molecule has 7 nitrogen and oxygen atoms in total. The number of rotatable bonds is 10. The molecule has 2 heterocycles. The molecule has 1 saturated heterocycles. The van der Waals surface area contributed by atoms with Gasteiger partial charge in [0.2, 0.25) is 0 Å². The first-order chi connectivity index (χ1) is 14.2. The number of carbonyl (C=O) groups excluding carboxylic acids is 1. The van der Waals surface area contributed by atoms with E-state index in [0.29, 0.717) is 11.8 Å². The molecule has 0 aromatic heterocycles. The number of nitrogens with zero attached hydrogens (tertiary/aromatic N) is 3. The second-order valence-corrected chi connectivity index (χ2v) is 9.60. The Kier molecular flexibility index (Phi) is 7.16. The van der Waals surface area contributed by atoms with Gasteiger partial charge in [0.25, 0.3) is 0 Å².